The minimum Gasteiger partial charge on any atom is -0.375 e. The molecule has 1 aromatic heterocycles. The fourth-order valence-electron chi connectivity index (χ4n) is 3.41. The monoisotopic (exact) mass is 442 g/mol. The molecule has 1 amide bonds. The number of thioether (sulfide) groups is 1. The second-order valence-electron chi connectivity index (χ2n) is 7.30. The van der Waals surface area contributed by atoms with E-state index in [0.29, 0.717) is 41.5 Å². The van der Waals surface area contributed by atoms with Crippen LogP contribution < -0.4 is 0 Å². The maximum absolute atomic E-state index is 12.7. The van der Waals surface area contributed by atoms with Crippen molar-refractivity contribution in [2.45, 2.75) is 25.1 Å². The van der Waals surface area contributed by atoms with Crippen LogP contribution in [0.2, 0.25) is 5.02 Å². The van der Waals surface area contributed by atoms with Crippen molar-refractivity contribution in [1.29, 1.82) is 0 Å². The van der Waals surface area contributed by atoms with Crippen molar-refractivity contribution in [3.63, 3.8) is 0 Å². The maximum atomic E-state index is 12.7. The van der Waals surface area contributed by atoms with Gasteiger partial charge in [0, 0.05) is 29.4 Å². The van der Waals surface area contributed by atoms with Crippen LogP contribution in [-0.4, -0.2) is 57.1 Å². The fourth-order valence-corrected chi connectivity index (χ4v) is 4.39. The number of carbonyl (C=O) groups excluding carboxylic acids is 1. The van der Waals surface area contributed by atoms with E-state index in [9.17, 15) is 4.79 Å². The van der Waals surface area contributed by atoms with Gasteiger partial charge in [-0.2, -0.15) is 0 Å². The largest absolute Gasteiger partial charge is 0.375 e. The molecule has 0 saturated carbocycles. The molecule has 8 heteroatoms. The number of hydrogen-bond donors (Lipinski definition) is 0. The molecule has 3 aromatic rings. The first-order chi connectivity index (χ1) is 14.5. The average Bonchev–Trinajstić information content (AvgIpc) is 3.16. The summed E-state index contributed by atoms with van der Waals surface area (Å²) in [4.78, 5) is 14.6. The Morgan fingerprint density at radius 3 is 2.77 bits per heavy atom. The number of morpholine rings is 1. The van der Waals surface area contributed by atoms with Crippen LogP contribution in [0.1, 0.15) is 12.5 Å². The van der Waals surface area contributed by atoms with Crippen LogP contribution in [0.4, 0.5) is 0 Å². The zero-order valence-electron chi connectivity index (χ0n) is 16.9. The summed E-state index contributed by atoms with van der Waals surface area (Å²) in [6.45, 7) is 5.87. The van der Waals surface area contributed by atoms with Gasteiger partial charge in [-0.05, 0) is 55.8 Å². The number of halogens is 1. The minimum atomic E-state index is 0.0696. The number of aryl methyl sites for hydroxylation is 1. The summed E-state index contributed by atoms with van der Waals surface area (Å²) in [7, 11) is 0. The third-order valence-corrected chi connectivity index (χ3v) is 6.08. The number of aromatic nitrogens is 3. The first-order valence-corrected chi connectivity index (χ1v) is 11.2. The molecule has 1 atom stereocenters. The van der Waals surface area contributed by atoms with Crippen molar-refractivity contribution in [2.75, 3.05) is 25.4 Å². The van der Waals surface area contributed by atoms with Gasteiger partial charge in [0.05, 0.1) is 18.5 Å². The average molecular weight is 443 g/mol. The van der Waals surface area contributed by atoms with Crippen LogP contribution in [0.5, 0.6) is 0 Å². The Hall–Kier alpha value is -2.35. The van der Waals surface area contributed by atoms with Gasteiger partial charge in [-0.1, -0.05) is 35.5 Å². The third-order valence-electron chi connectivity index (χ3n) is 4.91. The number of amides is 1. The number of benzene rings is 2. The Bertz CT molecular complexity index is 1040. The molecule has 0 radical (unpaired) electrons. The molecular weight excluding hydrogens is 420 g/mol. The van der Waals surface area contributed by atoms with Crippen molar-refractivity contribution in [3.8, 4) is 17.1 Å². The van der Waals surface area contributed by atoms with Crippen LogP contribution >= 0.6 is 23.4 Å². The fraction of sp³-hybridized carbons (Fsp3) is 0.318. The summed E-state index contributed by atoms with van der Waals surface area (Å²) in [5, 5.41) is 10.2. The van der Waals surface area contributed by atoms with E-state index in [1.807, 2.05) is 65.8 Å². The predicted molar refractivity (Wildman–Crippen MR) is 119 cm³/mol. The van der Waals surface area contributed by atoms with E-state index in [2.05, 4.69) is 16.3 Å². The maximum Gasteiger partial charge on any atom is 0.233 e. The molecular formula is C22H23ClN4O2S. The highest BCUT2D eigenvalue weighted by molar-refractivity contribution is 7.99. The first kappa shape index (κ1) is 20.9. The number of nitrogens with zero attached hydrogens (tertiary/aromatic N) is 4. The highest BCUT2D eigenvalue weighted by Gasteiger charge is 2.23. The molecule has 0 N–H and O–H groups in total. The lowest BCUT2D eigenvalue weighted by atomic mass is 10.2. The Morgan fingerprint density at radius 2 is 2.03 bits per heavy atom. The van der Waals surface area contributed by atoms with Crippen LogP contribution in [0, 0.1) is 6.92 Å². The molecule has 4 rings (SSSR count). The van der Waals surface area contributed by atoms with Gasteiger partial charge in [0.25, 0.3) is 0 Å². The van der Waals surface area contributed by atoms with Gasteiger partial charge in [-0.3, -0.25) is 9.36 Å². The molecule has 0 bridgehead atoms. The number of rotatable bonds is 5. The number of hydrogen-bond acceptors (Lipinski definition) is 5. The van der Waals surface area contributed by atoms with Gasteiger partial charge in [0.1, 0.15) is 0 Å². The minimum absolute atomic E-state index is 0.0696. The Morgan fingerprint density at radius 1 is 1.23 bits per heavy atom. The molecule has 1 aliphatic rings. The molecule has 0 spiro atoms. The molecule has 2 heterocycles. The van der Waals surface area contributed by atoms with E-state index in [1.54, 1.807) is 0 Å². The molecule has 1 saturated heterocycles. The van der Waals surface area contributed by atoms with E-state index in [4.69, 9.17) is 16.3 Å². The van der Waals surface area contributed by atoms with E-state index in [0.717, 1.165) is 16.8 Å². The SMILES string of the molecule is Cc1cccc(-n2c(SCC(=O)N3CCOC(C)C3)nnc2-c2ccc(Cl)cc2)c1. The molecule has 30 heavy (non-hydrogen) atoms. The molecule has 6 nitrogen and oxygen atoms in total. The Labute approximate surface area is 185 Å². The lowest BCUT2D eigenvalue weighted by molar-refractivity contribution is -0.135. The summed E-state index contributed by atoms with van der Waals surface area (Å²) in [6.07, 6.45) is 0.0696. The lowest BCUT2D eigenvalue weighted by Gasteiger charge is -2.31. The highest BCUT2D eigenvalue weighted by Crippen LogP contribution is 2.29. The third kappa shape index (κ3) is 4.69. The zero-order valence-corrected chi connectivity index (χ0v) is 18.5. The summed E-state index contributed by atoms with van der Waals surface area (Å²) in [6, 6.07) is 15.7. The predicted octanol–water partition coefficient (Wildman–Crippen LogP) is 4.24. The van der Waals surface area contributed by atoms with E-state index >= 15 is 0 Å². The zero-order chi connectivity index (χ0) is 21.1. The lowest BCUT2D eigenvalue weighted by Crippen LogP contribution is -2.45. The van der Waals surface area contributed by atoms with E-state index in [1.165, 1.54) is 11.8 Å². The Balaban J connectivity index is 1.62. The second-order valence-corrected chi connectivity index (χ2v) is 8.68. The van der Waals surface area contributed by atoms with Gasteiger partial charge in [-0.25, -0.2) is 0 Å². The topological polar surface area (TPSA) is 60.2 Å². The van der Waals surface area contributed by atoms with Crippen molar-refractivity contribution in [3.05, 3.63) is 59.1 Å². The van der Waals surface area contributed by atoms with Crippen molar-refractivity contribution < 1.29 is 9.53 Å². The van der Waals surface area contributed by atoms with Crippen molar-refractivity contribution in [1.82, 2.24) is 19.7 Å². The normalized spacial score (nSPS) is 16.6. The van der Waals surface area contributed by atoms with Gasteiger partial charge < -0.3 is 9.64 Å². The summed E-state index contributed by atoms with van der Waals surface area (Å²) in [5.74, 6) is 1.10. The van der Waals surface area contributed by atoms with Gasteiger partial charge in [0.15, 0.2) is 11.0 Å². The quantitative estimate of drug-likeness (QED) is 0.553. The van der Waals surface area contributed by atoms with Crippen molar-refractivity contribution in [2.24, 2.45) is 0 Å². The highest BCUT2D eigenvalue weighted by atomic mass is 35.5. The molecule has 1 unspecified atom stereocenters. The first-order valence-electron chi connectivity index (χ1n) is 9.82. The van der Waals surface area contributed by atoms with Crippen LogP contribution in [0.3, 0.4) is 0 Å². The summed E-state index contributed by atoms with van der Waals surface area (Å²) >= 11 is 7.45. The second kappa shape index (κ2) is 9.20. The van der Waals surface area contributed by atoms with Gasteiger partial charge in [-0.15, -0.1) is 10.2 Å². The molecule has 1 aliphatic heterocycles. The molecule has 1 fully saturated rings. The smallest absolute Gasteiger partial charge is 0.233 e. The van der Waals surface area contributed by atoms with Crippen LogP contribution in [0.25, 0.3) is 17.1 Å². The van der Waals surface area contributed by atoms with Gasteiger partial charge in [0.2, 0.25) is 5.91 Å². The molecule has 156 valence electrons. The van der Waals surface area contributed by atoms with E-state index in [-0.39, 0.29) is 12.0 Å². The standard InChI is InChI=1S/C22H23ClN4O2S/c1-15-4-3-5-19(12-15)27-21(17-6-8-18(23)9-7-17)24-25-22(27)30-14-20(28)26-10-11-29-16(2)13-26/h3-9,12,16H,10-11,13-14H2,1-2H3. The number of ether oxygens (including phenoxy) is 1. The summed E-state index contributed by atoms with van der Waals surface area (Å²) < 4.78 is 7.53. The Kier molecular flexibility index (Phi) is 6.41. The number of carbonyl (C=O) groups is 1. The molecule has 0 aliphatic carbocycles. The van der Waals surface area contributed by atoms with Crippen LogP contribution in [-0.2, 0) is 9.53 Å². The van der Waals surface area contributed by atoms with E-state index < -0.39 is 0 Å². The molecule has 2 aromatic carbocycles. The van der Waals surface area contributed by atoms with Gasteiger partial charge >= 0.3 is 0 Å². The van der Waals surface area contributed by atoms with Crippen LogP contribution in [0.15, 0.2) is 53.7 Å². The summed E-state index contributed by atoms with van der Waals surface area (Å²) in [5.41, 5.74) is 3.01. The van der Waals surface area contributed by atoms with Crippen molar-refractivity contribution >= 4 is 29.3 Å².